The molecule has 1 aromatic carbocycles. The number of hydrogen-bond acceptors (Lipinski definition) is 4. The highest BCUT2D eigenvalue weighted by atomic mass is 16.4. The first-order valence-corrected chi connectivity index (χ1v) is 5.14. The fraction of sp³-hybridized carbons (Fsp3) is 0.167. The number of rotatable bonds is 3. The molecular formula is C12H11NO4. The number of phenolic OH excluding ortho intramolecular Hbond substituents is 1. The van der Waals surface area contributed by atoms with Gasteiger partial charge in [-0.15, -0.1) is 0 Å². The number of aromatic carboxylic acids is 1. The van der Waals surface area contributed by atoms with Gasteiger partial charge < -0.3 is 14.6 Å². The monoisotopic (exact) mass is 233 g/mol. The molecule has 0 spiro atoms. The van der Waals surface area contributed by atoms with Gasteiger partial charge in [0.2, 0.25) is 0 Å². The second-order valence-corrected chi connectivity index (χ2v) is 3.47. The molecule has 88 valence electrons. The summed E-state index contributed by atoms with van der Waals surface area (Å²) in [5.74, 6) is -1.09. The van der Waals surface area contributed by atoms with Crippen LogP contribution in [0.2, 0.25) is 0 Å². The number of carboxylic acids is 1. The van der Waals surface area contributed by atoms with E-state index in [9.17, 15) is 9.90 Å². The van der Waals surface area contributed by atoms with Crippen LogP contribution in [0.15, 0.2) is 28.7 Å². The minimum absolute atomic E-state index is 0.0486. The Labute approximate surface area is 97.3 Å². The summed E-state index contributed by atoms with van der Waals surface area (Å²) in [5, 5.41) is 18.5. The van der Waals surface area contributed by atoms with E-state index in [-0.39, 0.29) is 11.6 Å². The molecule has 1 heterocycles. The first kappa shape index (κ1) is 11.2. The summed E-state index contributed by atoms with van der Waals surface area (Å²) in [4.78, 5) is 14.7. The summed E-state index contributed by atoms with van der Waals surface area (Å²) in [6.07, 6.45) is 0.504. The molecule has 0 fully saturated rings. The lowest BCUT2D eigenvalue weighted by molar-refractivity contribution is 0.0652. The second-order valence-electron chi connectivity index (χ2n) is 3.47. The number of aromatic nitrogens is 1. The summed E-state index contributed by atoms with van der Waals surface area (Å²) in [7, 11) is 0. The molecule has 2 rings (SSSR count). The SMILES string of the molecule is CCc1oc(C(=O)O)nc1-c1ccccc1O. The fourth-order valence-electron chi connectivity index (χ4n) is 1.57. The molecule has 0 amide bonds. The number of carbonyl (C=O) groups is 1. The molecule has 0 aliphatic heterocycles. The third-order valence-electron chi connectivity index (χ3n) is 2.36. The lowest BCUT2D eigenvalue weighted by Gasteiger charge is -2.01. The molecule has 1 aromatic heterocycles. The van der Waals surface area contributed by atoms with Gasteiger partial charge in [0, 0.05) is 12.0 Å². The number of nitrogens with zero attached hydrogens (tertiary/aromatic N) is 1. The van der Waals surface area contributed by atoms with Gasteiger partial charge in [-0.2, -0.15) is 0 Å². The maximum absolute atomic E-state index is 10.8. The van der Waals surface area contributed by atoms with E-state index in [1.807, 2.05) is 6.92 Å². The van der Waals surface area contributed by atoms with Crippen molar-refractivity contribution in [3.05, 3.63) is 35.9 Å². The van der Waals surface area contributed by atoms with Crippen LogP contribution in [0.3, 0.4) is 0 Å². The van der Waals surface area contributed by atoms with E-state index in [4.69, 9.17) is 9.52 Å². The van der Waals surface area contributed by atoms with Gasteiger partial charge >= 0.3 is 11.9 Å². The highest BCUT2D eigenvalue weighted by Gasteiger charge is 2.19. The topological polar surface area (TPSA) is 83.6 Å². The molecular weight excluding hydrogens is 222 g/mol. The van der Waals surface area contributed by atoms with Crippen molar-refractivity contribution in [1.29, 1.82) is 0 Å². The summed E-state index contributed by atoms with van der Waals surface area (Å²) in [6, 6.07) is 6.61. The first-order chi connectivity index (χ1) is 8.13. The summed E-state index contributed by atoms with van der Waals surface area (Å²) >= 11 is 0. The number of benzene rings is 1. The number of para-hydroxylation sites is 1. The van der Waals surface area contributed by atoms with E-state index in [1.54, 1.807) is 18.2 Å². The number of phenols is 1. The standard InChI is InChI=1S/C12H11NO4/c1-2-9-10(13-11(17-9)12(15)16)7-5-3-4-6-8(7)14/h3-6,14H,2H2,1H3,(H,15,16). The summed E-state index contributed by atoms with van der Waals surface area (Å²) in [5.41, 5.74) is 0.851. The Morgan fingerprint density at radius 2 is 2.12 bits per heavy atom. The number of aromatic hydroxyl groups is 1. The zero-order valence-electron chi connectivity index (χ0n) is 9.17. The van der Waals surface area contributed by atoms with Crippen LogP contribution in [0.25, 0.3) is 11.3 Å². The highest BCUT2D eigenvalue weighted by Crippen LogP contribution is 2.31. The smallest absolute Gasteiger partial charge is 0.392 e. The van der Waals surface area contributed by atoms with Gasteiger partial charge in [0.25, 0.3) is 0 Å². The maximum atomic E-state index is 10.8. The minimum atomic E-state index is -1.22. The zero-order valence-corrected chi connectivity index (χ0v) is 9.17. The summed E-state index contributed by atoms with van der Waals surface area (Å²) < 4.78 is 5.11. The van der Waals surface area contributed by atoms with E-state index in [1.165, 1.54) is 6.07 Å². The first-order valence-electron chi connectivity index (χ1n) is 5.14. The lowest BCUT2D eigenvalue weighted by atomic mass is 10.1. The Kier molecular flexibility index (Phi) is 2.82. The summed E-state index contributed by atoms with van der Waals surface area (Å²) in [6.45, 7) is 1.83. The van der Waals surface area contributed by atoms with E-state index in [2.05, 4.69) is 4.98 Å². The van der Waals surface area contributed by atoms with Gasteiger partial charge in [-0.05, 0) is 12.1 Å². The van der Waals surface area contributed by atoms with Crippen LogP contribution >= 0.6 is 0 Å². The van der Waals surface area contributed by atoms with Crippen LogP contribution in [0.5, 0.6) is 5.75 Å². The Hall–Kier alpha value is -2.30. The predicted octanol–water partition coefficient (Wildman–Crippen LogP) is 2.31. The fourth-order valence-corrected chi connectivity index (χ4v) is 1.57. The molecule has 0 radical (unpaired) electrons. The van der Waals surface area contributed by atoms with Crippen molar-refractivity contribution in [2.75, 3.05) is 0 Å². The number of carboxylic acid groups (broad SMARTS) is 1. The predicted molar refractivity (Wildman–Crippen MR) is 59.9 cm³/mol. The Balaban J connectivity index is 2.59. The third kappa shape index (κ3) is 1.99. The molecule has 0 unspecified atom stereocenters. The highest BCUT2D eigenvalue weighted by molar-refractivity contribution is 5.83. The van der Waals surface area contributed by atoms with Crippen LogP contribution in [0, 0.1) is 0 Å². The van der Waals surface area contributed by atoms with E-state index in [0.29, 0.717) is 23.4 Å². The van der Waals surface area contributed by atoms with Crippen molar-refractivity contribution in [3.8, 4) is 17.0 Å². The van der Waals surface area contributed by atoms with Crippen LogP contribution in [0.4, 0.5) is 0 Å². The molecule has 5 nitrogen and oxygen atoms in total. The third-order valence-corrected chi connectivity index (χ3v) is 2.36. The number of aryl methyl sites for hydroxylation is 1. The molecule has 0 aliphatic carbocycles. The quantitative estimate of drug-likeness (QED) is 0.849. The molecule has 0 aliphatic rings. The number of hydrogen-bond donors (Lipinski definition) is 2. The largest absolute Gasteiger partial charge is 0.507 e. The van der Waals surface area contributed by atoms with E-state index < -0.39 is 5.97 Å². The Morgan fingerprint density at radius 3 is 2.71 bits per heavy atom. The van der Waals surface area contributed by atoms with Gasteiger partial charge in [0.15, 0.2) is 0 Å². The van der Waals surface area contributed by atoms with E-state index in [0.717, 1.165) is 0 Å². The average Bonchev–Trinajstić information content (AvgIpc) is 2.73. The molecule has 5 heteroatoms. The molecule has 2 aromatic rings. The van der Waals surface area contributed by atoms with Crippen molar-refractivity contribution in [2.45, 2.75) is 13.3 Å². The number of oxazole rings is 1. The normalized spacial score (nSPS) is 10.4. The van der Waals surface area contributed by atoms with Crippen LogP contribution in [-0.2, 0) is 6.42 Å². The minimum Gasteiger partial charge on any atom is -0.507 e. The van der Waals surface area contributed by atoms with Crippen molar-refractivity contribution >= 4 is 5.97 Å². The maximum Gasteiger partial charge on any atom is 0.392 e. The van der Waals surface area contributed by atoms with Gasteiger partial charge in [-0.3, -0.25) is 0 Å². The molecule has 0 saturated heterocycles. The van der Waals surface area contributed by atoms with Gasteiger partial charge in [-0.1, -0.05) is 19.1 Å². The molecule has 0 atom stereocenters. The van der Waals surface area contributed by atoms with Crippen LogP contribution in [0.1, 0.15) is 23.4 Å². The van der Waals surface area contributed by atoms with Gasteiger partial charge in [0.1, 0.15) is 17.2 Å². The van der Waals surface area contributed by atoms with Gasteiger partial charge in [-0.25, -0.2) is 9.78 Å². The van der Waals surface area contributed by atoms with Crippen LogP contribution in [-0.4, -0.2) is 21.2 Å². The lowest BCUT2D eigenvalue weighted by Crippen LogP contribution is -1.95. The van der Waals surface area contributed by atoms with Crippen LogP contribution < -0.4 is 0 Å². The Morgan fingerprint density at radius 1 is 1.41 bits per heavy atom. The Bertz CT molecular complexity index is 559. The van der Waals surface area contributed by atoms with Crippen molar-refractivity contribution in [1.82, 2.24) is 4.98 Å². The average molecular weight is 233 g/mol. The van der Waals surface area contributed by atoms with Crippen molar-refractivity contribution < 1.29 is 19.4 Å². The second kappa shape index (κ2) is 4.29. The zero-order chi connectivity index (χ0) is 12.4. The van der Waals surface area contributed by atoms with Crippen molar-refractivity contribution in [3.63, 3.8) is 0 Å². The molecule has 2 N–H and O–H groups in total. The molecule has 17 heavy (non-hydrogen) atoms. The molecule has 0 saturated carbocycles. The molecule has 0 bridgehead atoms. The van der Waals surface area contributed by atoms with Gasteiger partial charge in [0.05, 0.1) is 0 Å². The van der Waals surface area contributed by atoms with E-state index >= 15 is 0 Å². The van der Waals surface area contributed by atoms with Crippen molar-refractivity contribution in [2.24, 2.45) is 0 Å².